The Morgan fingerprint density at radius 1 is 1.08 bits per heavy atom. The molecule has 138 valence electrons. The lowest BCUT2D eigenvalue weighted by Crippen LogP contribution is -2.53. The van der Waals surface area contributed by atoms with Gasteiger partial charge in [0.2, 0.25) is 0 Å². The highest BCUT2D eigenvalue weighted by molar-refractivity contribution is 6.35. The number of halogens is 2. The van der Waals surface area contributed by atoms with E-state index in [4.69, 9.17) is 23.2 Å². The fourth-order valence-corrected chi connectivity index (χ4v) is 4.41. The van der Waals surface area contributed by atoms with Crippen molar-refractivity contribution in [2.24, 2.45) is 0 Å². The zero-order chi connectivity index (χ0) is 18.7. The minimum Gasteiger partial charge on any atom is -0.343 e. The summed E-state index contributed by atoms with van der Waals surface area (Å²) in [5.74, 6) is -0.195. The van der Waals surface area contributed by atoms with Gasteiger partial charge in [0.05, 0.1) is 16.6 Å². The minimum absolute atomic E-state index is 0.109. The van der Waals surface area contributed by atoms with Crippen LogP contribution in [0.4, 0.5) is 0 Å². The Bertz CT molecular complexity index is 771. The maximum Gasteiger partial charge on any atom is 0.253 e. The van der Waals surface area contributed by atoms with E-state index in [9.17, 15) is 4.79 Å². The first-order chi connectivity index (χ1) is 12.4. The lowest BCUT2D eigenvalue weighted by Gasteiger charge is -2.44. The number of hydrogen-bond acceptors (Lipinski definition) is 2. The number of nitrogens with zero attached hydrogens (tertiary/aromatic N) is 1. The molecule has 3 nitrogen and oxygen atoms in total. The van der Waals surface area contributed by atoms with E-state index in [0.717, 1.165) is 31.2 Å². The van der Waals surface area contributed by atoms with Crippen LogP contribution in [0.2, 0.25) is 10.0 Å². The van der Waals surface area contributed by atoms with Crippen molar-refractivity contribution >= 4 is 29.1 Å². The van der Waals surface area contributed by atoms with Gasteiger partial charge in [0, 0.05) is 10.6 Å². The molecule has 0 saturated heterocycles. The molecular formula is C21H24Cl2N2O. The van der Waals surface area contributed by atoms with Gasteiger partial charge in [0.15, 0.2) is 0 Å². The molecule has 5 heteroatoms. The van der Waals surface area contributed by atoms with Gasteiger partial charge in [-0.15, -0.1) is 0 Å². The summed E-state index contributed by atoms with van der Waals surface area (Å²) in [4.78, 5) is 15.3. The van der Waals surface area contributed by atoms with Gasteiger partial charge in [-0.1, -0.05) is 66.4 Å². The SMILES string of the molecule is CN(C)C1(C(NC(=O)c2cc(Cl)ccc2Cl)c2ccccc2)CCCC1. The van der Waals surface area contributed by atoms with Gasteiger partial charge in [-0.3, -0.25) is 4.79 Å². The second kappa shape index (κ2) is 7.99. The highest BCUT2D eigenvalue weighted by Crippen LogP contribution is 2.43. The van der Waals surface area contributed by atoms with E-state index < -0.39 is 0 Å². The van der Waals surface area contributed by atoms with Crippen molar-refractivity contribution in [2.75, 3.05) is 14.1 Å². The van der Waals surface area contributed by atoms with E-state index in [0.29, 0.717) is 15.6 Å². The molecule has 1 fully saturated rings. The summed E-state index contributed by atoms with van der Waals surface area (Å²) in [6.07, 6.45) is 4.41. The summed E-state index contributed by atoms with van der Waals surface area (Å²) in [5, 5.41) is 4.16. The van der Waals surface area contributed by atoms with Crippen LogP contribution in [-0.2, 0) is 0 Å². The summed E-state index contributed by atoms with van der Waals surface area (Å²) in [7, 11) is 4.19. The first-order valence-electron chi connectivity index (χ1n) is 8.92. The van der Waals surface area contributed by atoms with Crippen molar-refractivity contribution in [1.29, 1.82) is 0 Å². The number of benzene rings is 2. The normalized spacial score (nSPS) is 17.3. The van der Waals surface area contributed by atoms with Crippen LogP contribution < -0.4 is 5.32 Å². The maximum absolute atomic E-state index is 13.1. The zero-order valence-electron chi connectivity index (χ0n) is 15.1. The molecule has 26 heavy (non-hydrogen) atoms. The van der Waals surface area contributed by atoms with E-state index in [1.54, 1.807) is 18.2 Å². The third-order valence-corrected chi connectivity index (χ3v) is 6.04. The van der Waals surface area contributed by atoms with Gasteiger partial charge in [-0.05, 0) is 50.7 Å². The fourth-order valence-electron chi connectivity index (χ4n) is 4.04. The molecule has 1 aliphatic carbocycles. The van der Waals surface area contributed by atoms with E-state index in [-0.39, 0.29) is 17.5 Å². The van der Waals surface area contributed by atoms with Gasteiger partial charge in [-0.2, -0.15) is 0 Å². The molecule has 0 heterocycles. The second-order valence-electron chi connectivity index (χ2n) is 7.15. The Kier molecular flexibility index (Phi) is 5.91. The molecule has 2 aromatic carbocycles. The largest absolute Gasteiger partial charge is 0.343 e. The average Bonchev–Trinajstić information content (AvgIpc) is 3.13. The predicted molar refractivity (Wildman–Crippen MR) is 108 cm³/mol. The van der Waals surface area contributed by atoms with Gasteiger partial charge >= 0.3 is 0 Å². The number of likely N-dealkylation sites (N-methyl/N-ethyl adjacent to an activating group) is 1. The van der Waals surface area contributed by atoms with Crippen molar-refractivity contribution in [2.45, 2.75) is 37.3 Å². The molecule has 1 atom stereocenters. The number of nitrogens with one attached hydrogen (secondary N) is 1. The summed E-state index contributed by atoms with van der Waals surface area (Å²) in [6.45, 7) is 0. The van der Waals surface area contributed by atoms with E-state index >= 15 is 0 Å². The Morgan fingerprint density at radius 3 is 2.35 bits per heavy atom. The van der Waals surface area contributed by atoms with Crippen LogP contribution in [0.5, 0.6) is 0 Å². The van der Waals surface area contributed by atoms with E-state index in [1.807, 2.05) is 18.2 Å². The van der Waals surface area contributed by atoms with E-state index in [1.165, 1.54) is 0 Å². The third-order valence-electron chi connectivity index (χ3n) is 5.48. The standard InChI is InChI=1S/C21H24Cl2N2O/c1-25(2)21(12-6-7-13-21)19(15-8-4-3-5-9-15)24-20(26)17-14-16(22)10-11-18(17)23/h3-5,8-11,14,19H,6-7,12-13H2,1-2H3,(H,24,26). The highest BCUT2D eigenvalue weighted by atomic mass is 35.5. The molecule has 0 bridgehead atoms. The summed E-state index contributed by atoms with van der Waals surface area (Å²) < 4.78 is 0. The van der Waals surface area contributed by atoms with Gasteiger partial charge in [0.25, 0.3) is 5.91 Å². The molecule has 0 radical (unpaired) electrons. The van der Waals surface area contributed by atoms with Crippen LogP contribution in [-0.4, -0.2) is 30.4 Å². The zero-order valence-corrected chi connectivity index (χ0v) is 16.6. The smallest absolute Gasteiger partial charge is 0.253 e. The van der Waals surface area contributed by atoms with Crippen LogP contribution in [0.15, 0.2) is 48.5 Å². The molecular weight excluding hydrogens is 367 g/mol. The molecule has 0 aliphatic heterocycles. The van der Waals surface area contributed by atoms with Crippen LogP contribution in [0.3, 0.4) is 0 Å². The molecule has 0 aromatic heterocycles. The van der Waals surface area contributed by atoms with Crippen molar-refractivity contribution in [3.05, 3.63) is 69.7 Å². The molecule has 2 aromatic rings. The van der Waals surface area contributed by atoms with Crippen molar-refractivity contribution in [1.82, 2.24) is 10.2 Å². The number of hydrogen-bond donors (Lipinski definition) is 1. The minimum atomic E-state index is -0.195. The second-order valence-corrected chi connectivity index (χ2v) is 7.99. The van der Waals surface area contributed by atoms with Crippen molar-refractivity contribution in [3.63, 3.8) is 0 Å². The molecule has 3 rings (SSSR count). The van der Waals surface area contributed by atoms with Gasteiger partial charge in [-0.25, -0.2) is 0 Å². The average molecular weight is 391 g/mol. The predicted octanol–water partition coefficient (Wildman–Crippen LogP) is 5.34. The quantitative estimate of drug-likeness (QED) is 0.746. The van der Waals surface area contributed by atoms with E-state index in [2.05, 4.69) is 36.4 Å². The van der Waals surface area contributed by atoms with Crippen molar-refractivity contribution in [3.8, 4) is 0 Å². The summed E-state index contributed by atoms with van der Waals surface area (Å²) in [6, 6.07) is 15.0. The Labute approximate surface area is 165 Å². The van der Waals surface area contributed by atoms with Crippen molar-refractivity contribution < 1.29 is 4.79 Å². The Morgan fingerprint density at radius 2 is 1.73 bits per heavy atom. The number of carbonyl (C=O) groups is 1. The fraction of sp³-hybridized carbons (Fsp3) is 0.381. The van der Waals surface area contributed by atoms with Crippen LogP contribution >= 0.6 is 23.2 Å². The molecule has 1 N–H and O–H groups in total. The number of amides is 1. The summed E-state index contributed by atoms with van der Waals surface area (Å²) >= 11 is 12.3. The van der Waals surface area contributed by atoms with Crippen LogP contribution in [0.1, 0.15) is 47.6 Å². The lowest BCUT2D eigenvalue weighted by atomic mass is 9.82. The third kappa shape index (κ3) is 3.75. The van der Waals surface area contributed by atoms with Crippen LogP contribution in [0.25, 0.3) is 0 Å². The van der Waals surface area contributed by atoms with Gasteiger partial charge in [0.1, 0.15) is 0 Å². The first kappa shape index (κ1) is 19.2. The Hall–Kier alpha value is -1.55. The molecule has 1 amide bonds. The van der Waals surface area contributed by atoms with Gasteiger partial charge < -0.3 is 10.2 Å². The highest BCUT2D eigenvalue weighted by Gasteiger charge is 2.44. The first-order valence-corrected chi connectivity index (χ1v) is 9.68. The number of rotatable bonds is 5. The molecule has 1 aliphatic rings. The molecule has 1 unspecified atom stereocenters. The maximum atomic E-state index is 13.1. The molecule has 1 saturated carbocycles. The van der Waals surface area contributed by atoms with Crippen LogP contribution in [0, 0.1) is 0 Å². The monoisotopic (exact) mass is 390 g/mol. The lowest BCUT2D eigenvalue weighted by molar-refractivity contribution is 0.0766. The number of carbonyl (C=O) groups excluding carboxylic acids is 1. The summed E-state index contributed by atoms with van der Waals surface area (Å²) in [5.41, 5.74) is 1.41. The topological polar surface area (TPSA) is 32.3 Å². The Balaban J connectivity index is 1.99. The molecule has 0 spiro atoms.